The van der Waals surface area contributed by atoms with Gasteiger partial charge >= 0.3 is 5.97 Å². The van der Waals surface area contributed by atoms with E-state index in [4.69, 9.17) is 9.47 Å². The second-order valence-electron chi connectivity index (χ2n) is 11.9. The van der Waals surface area contributed by atoms with Gasteiger partial charge in [-0.2, -0.15) is 9.61 Å². The molecule has 0 saturated carbocycles. The van der Waals surface area contributed by atoms with Crippen molar-refractivity contribution in [2.45, 2.75) is 78.0 Å². The average molecular weight is 568 g/mol. The number of carboxylic acid groups (broad SMARTS) is 1. The number of hydrogen-bond donors (Lipinski definition) is 2. The first-order valence-corrected chi connectivity index (χ1v) is 14.3. The summed E-state index contributed by atoms with van der Waals surface area (Å²) < 4.78 is 27.5. The predicted molar refractivity (Wildman–Crippen MR) is 151 cm³/mol. The van der Waals surface area contributed by atoms with Gasteiger partial charge in [-0.3, -0.25) is 4.79 Å². The van der Waals surface area contributed by atoms with Crippen molar-refractivity contribution in [1.82, 2.24) is 19.9 Å². The summed E-state index contributed by atoms with van der Waals surface area (Å²) in [6.07, 6.45) is 3.48. The number of anilines is 1. The third-order valence-corrected chi connectivity index (χ3v) is 7.64. The summed E-state index contributed by atoms with van der Waals surface area (Å²) in [6.45, 7) is 9.24. The number of piperidine rings is 1. The van der Waals surface area contributed by atoms with Crippen LogP contribution in [0.4, 0.5) is 10.2 Å². The van der Waals surface area contributed by atoms with Gasteiger partial charge < -0.3 is 24.8 Å². The molecule has 3 aliphatic rings. The maximum absolute atomic E-state index is 14.0. The first-order valence-electron chi connectivity index (χ1n) is 14.3. The lowest BCUT2D eigenvalue weighted by atomic mass is 9.91. The van der Waals surface area contributed by atoms with Crippen LogP contribution < -0.4 is 15.0 Å². The fraction of sp³-hybridized carbons (Fsp3) is 0.533. The monoisotopic (exact) mass is 567 g/mol. The lowest BCUT2D eigenvalue weighted by Crippen LogP contribution is -2.38. The van der Waals surface area contributed by atoms with Crippen LogP contribution in [0.1, 0.15) is 86.3 Å². The zero-order valence-electron chi connectivity index (χ0n) is 24.1. The molecule has 2 aromatic heterocycles. The number of nitrogens with zero attached hydrogens (tertiary/aromatic N) is 4. The van der Waals surface area contributed by atoms with E-state index in [9.17, 15) is 19.1 Å². The Morgan fingerprint density at radius 2 is 1.95 bits per heavy atom. The van der Waals surface area contributed by atoms with Crippen LogP contribution in [0.3, 0.4) is 0 Å². The predicted octanol–water partition coefficient (Wildman–Crippen LogP) is 4.83. The smallest absolute Gasteiger partial charge is 0.337 e. The summed E-state index contributed by atoms with van der Waals surface area (Å²) in [5.74, 6) is -0.413. The quantitative estimate of drug-likeness (QED) is 0.462. The molecule has 5 heterocycles. The van der Waals surface area contributed by atoms with E-state index >= 15 is 0 Å². The number of fused-ring (bicyclic) bond motifs is 8. The van der Waals surface area contributed by atoms with Crippen LogP contribution in [0.25, 0.3) is 5.65 Å². The van der Waals surface area contributed by atoms with E-state index in [1.807, 2.05) is 20.8 Å². The Morgan fingerprint density at radius 3 is 2.66 bits per heavy atom. The highest BCUT2D eigenvalue weighted by Gasteiger charge is 2.35. The minimum Gasteiger partial charge on any atom is -0.493 e. The Balaban J connectivity index is 1.60. The molecular weight excluding hydrogens is 529 g/mol. The lowest BCUT2D eigenvalue weighted by Gasteiger charge is -2.36. The fourth-order valence-electron chi connectivity index (χ4n) is 5.65. The van der Waals surface area contributed by atoms with Crippen molar-refractivity contribution >= 4 is 23.3 Å². The molecule has 1 atom stereocenters. The zero-order valence-corrected chi connectivity index (χ0v) is 24.1. The summed E-state index contributed by atoms with van der Waals surface area (Å²) >= 11 is 0. The van der Waals surface area contributed by atoms with E-state index in [1.165, 1.54) is 12.1 Å². The molecule has 41 heavy (non-hydrogen) atoms. The van der Waals surface area contributed by atoms with Gasteiger partial charge in [0.05, 0.1) is 17.8 Å². The van der Waals surface area contributed by atoms with Crippen LogP contribution in [0.15, 0.2) is 24.3 Å². The van der Waals surface area contributed by atoms with Crippen molar-refractivity contribution in [2.75, 3.05) is 24.6 Å². The maximum Gasteiger partial charge on any atom is 0.337 e. The van der Waals surface area contributed by atoms with Crippen LogP contribution in [-0.4, -0.2) is 56.9 Å². The molecule has 0 radical (unpaired) electrons. The second kappa shape index (κ2) is 11.6. The van der Waals surface area contributed by atoms with E-state index < -0.39 is 29.4 Å². The Hall–Kier alpha value is -3.73. The van der Waals surface area contributed by atoms with Crippen LogP contribution in [0, 0.1) is 18.7 Å². The molecule has 3 aromatic rings. The topological polar surface area (TPSA) is 118 Å². The molecule has 1 fully saturated rings. The van der Waals surface area contributed by atoms with Crippen molar-refractivity contribution in [3.8, 4) is 5.75 Å². The van der Waals surface area contributed by atoms with E-state index in [-0.39, 0.29) is 12.2 Å². The number of ether oxygens (including phenoxy) is 2. The number of carbonyl (C=O) groups excluding carboxylic acids is 1. The van der Waals surface area contributed by atoms with Gasteiger partial charge in [-0.05, 0) is 65.4 Å². The highest BCUT2D eigenvalue weighted by Crippen LogP contribution is 2.37. The molecule has 1 saturated heterocycles. The number of carboxylic acids is 1. The number of aryl methyl sites for hydroxylation is 1. The van der Waals surface area contributed by atoms with Gasteiger partial charge in [0.1, 0.15) is 17.4 Å². The van der Waals surface area contributed by atoms with Gasteiger partial charge in [-0.15, -0.1) is 0 Å². The summed E-state index contributed by atoms with van der Waals surface area (Å²) in [6, 6.07) is 5.89. The van der Waals surface area contributed by atoms with Crippen LogP contribution in [0.2, 0.25) is 0 Å². The molecule has 2 N–H and O–H groups in total. The summed E-state index contributed by atoms with van der Waals surface area (Å²) in [7, 11) is 0. The molecule has 3 aliphatic heterocycles. The Labute approximate surface area is 238 Å². The number of amides is 1. The molecule has 1 aromatic carbocycles. The van der Waals surface area contributed by atoms with Crippen molar-refractivity contribution in [2.24, 2.45) is 5.92 Å². The van der Waals surface area contributed by atoms with E-state index in [1.54, 1.807) is 23.6 Å². The number of hydrogen-bond acceptors (Lipinski definition) is 7. The molecule has 1 amide bonds. The van der Waals surface area contributed by atoms with E-state index in [2.05, 4.69) is 20.3 Å². The summed E-state index contributed by atoms with van der Waals surface area (Å²) in [5, 5.41) is 17.7. The van der Waals surface area contributed by atoms with Crippen molar-refractivity contribution in [3.05, 3.63) is 52.6 Å². The second-order valence-corrected chi connectivity index (χ2v) is 11.9. The first-order chi connectivity index (χ1) is 19.5. The minimum absolute atomic E-state index is 0.127. The largest absolute Gasteiger partial charge is 0.493 e. The molecule has 11 heteroatoms. The molecule has 0 unspecified atom stereocenters. The number of benzene rings is 1. The first kappa shape index (κ1) is 28.8. The number of carbonyl (C=O) groups is 2. The molecule has 4 bridgehead atoms. The van der Waals surface area contributed by atoms with Gasteiger partial charge in [0, 0.05) is 43.0 Å². The van der Waals surface area contributed by atoms with Gasteiger partial charge in [0.25, 0.3) is 5.91 Å². The standard InChI is InChI=1S/C30H38FN5O5/c1-18-25(26(29(38)39)41-30(2,3)4)28-35-12-10-19(11-13-35)7-5-6-14-40-23-15-21(31)9-8-20(23)17-32-27(37)22-16-24(33-18)36(28)34-22/h8-9,15-16,19,26H,5-7,10-14,17H2,1-4H3,(H,32,37)(H,38,39)/t26-/m0/s1. The Bertz CT molecular complexity index is 1440. The van der Waals surface area contributed by atoms with Crippen LogP contribution in [-0.2, 0) is 16.1 Å². The van der Waals surface area contributed by atoms with Gasteiger partial charge in [-0.1, -0.05) is 12.5 Å². The third-order valence-electron chi connectivity index (χ3n) is 7.64. The molecule has 0 spiro atoms. The summed E-state index contributed by atoms with van der Waals surface area (Å²) in [5.41, 5.74) is 1.47. The fourth-order valence-corrected chi connectivity index (χ4v) is 5.65. The number of halogens is 1. The molecular formula is C30H38FN5O5. The zero-order chi connectivity index (χ0) is 29.3. The Kier molecular flexibility index (Phi) is 8.17. The SMILES string of the molecule is Cc1nc2cc3nn2c(c1[C@H](OC(C)(C)C)C(=O)O)N1CCC(CCCCOc2cc(F)ccc2CNC3=O)CC1. The number of rotatable bonds is 3. The average Bonchev–Trinajstić information content (AvgIpc) is 3.33. The highest BCUT2D eigenvalue weighted by molar-refractivity contribution is 5.93. The van der Waals surface area contributed by atoms with E-state index in [0.29, 0.717) is 59.6 Å². The lowest BCUT2D eigenvalue weighted by molar-refractivity contribution is -0.160. The number of nitrogens with one attached hydrogen (secondary N) is 1. The normalized spacial score (nSPS) is 18.0. The Morgan fingerprint density at radius 1 is 1.20 bits per heavy atom. The van der Waals surface area contributed by atoms with Gasteiger partial charge in [0.2, 0.25) is 0 Å². The van der Waals surface area contributed by atoms with Crippen LogP contribution >= 0.6 is 0 Å². The highest BCUT2D eigenvalue weighted by atomic mass is 19.1. The van der Waals surface area contributed by atoms with E-state index in [0.717, 1.165) is 32.1 Å². The van der Waals surface area contributed by atoms with Gasteiger partial charge in [0.15, 0.2) is 17.4 Å². The maximum atomic E-state index is 14.0. The molecule has 220 valence electrons. The van der Waals surface area contributed by atoms with Crippen molar-refractivity contribution in [3.63, 3.8) is 0 Å². The minimum atomic E-state index is -1.27. The molecule has 0 aliphatic carbocycles. The summed E-state index contributed by atoms with van der Waals surface area (Å²) in [4.78, 5) is 32.6. The number of aromatic nitrogens is 3. The third kappa shape index (κ3) is 6.45. The van der Waals surface area contributed by atoms with Crippen molar-refractivity contribution < 1.29 is 28.6 Å². The molecule has 10 nitrogen and oxygen atoms in total. The van der Waals surface area contributed by atoms with Crippen molar-refractivity contribution in [1.29, 1.82) is 0 Å². The van der Waals surface area contributed by atoms with Crippen LogP contribution in [0.5, 0.6) is 5.75 Å². The molecule has 6 rings (SSSR count). The number of aliphatic carboxylic acids is 1. The van der Waals surface area contributed by atoms with Gasteiger partial charge in [-0.25, -0.2) is 14.2 Å².